The van der Waals surface area contributed by atoms with E-state index in [1.165, 1.54) is 25.0 Å². The average Bonchev–Trinajstić information content (AvgIpc) is 3.25. The molecule has 20 heavy (non-hydrogen) atoms. The van der Waals surface area contributed by atoms with Gasteiger partial charge in [-0.1, -0.05) is 15.9 Å². The van der Waals surface area contributed by atoms with Crippen LogP contribution >= 0.6 is 15.9 Å². The van der Waals surface area contributed by atoms with Gasteiger partial charge in [0.2, 0.25) is 0 Å². The van der Waals surface area contributed by atoms with Gasteiger partial charge in [-0.2, -0.15) is 0 Å². The summed E-state index contributed by atoms with van der Waals surface area (Å²) in [5.74, 6) is 1.18. The molecule has 0 heterocycles. The molecule has 1 fully saturated rings. The molecule has 1 aliphatic rings. The first-order valence-electron chi connectivity index (χ1n) is 6.66. The highest BCUT2D eigenvalue weighted by Gasteiger charge is 2.20. The highest BCUT2D eigenvalue weighted by atomic mass is 79.9. The van der Waals surface area contributed by atoms with E-state index in [0.717, 1.165) is 22.3 Å². The molecular weight excluding hydrogens is 321 g/mol. The molecule has 0 unspecified atom stereocenters. The van der Waals surface area contributed by atoms with Crippen LogP contribution in [0.4, 0.5) is 4.39 Å². The van der Waals surface area contributed by atoms with Gasteiger partial charge in [0, 0.05) is 22.6 Å². The molecule has 0 bridgehead atoms. The van der Waals surface area contributed by atoms with Gasteiger partial charge in [-0.3, -0.25) is 0 Å². The lowest BCUT2D eigenvalue weighted by Crippen LogP contribution is -2.15. The van der Waals surface area contributed by atoms with Crippen LogP contribution in [-0.4, -0.2) is 6.04 Å². The maximum Gasteiger partial charge on any atom is 0.131 e. The lowest BCUT2D eigenvalue weighted by Gasteiger charge is -2.12. The van der Waals surface area contributed by atoms with E-state index in [1.807, 2.05) is 18.2 Å². The molecule has 0 radical (unpaired) electrons. The van der Waals surface area contributed by atoms with Crippen molar-refractivity contribution in [2.75, 3.05) is 0 Å². The Labute approximate surface area is 126 Å². The van der Waals surface area contributed by atoms with Crippen LogP contribution in [0.5, 0.6) is 11.5 Å². The third-order valence-electron chi connectivity index (χ3n) is 3.22. The van der Waals surface area contributed by atoms with Gasteiger partial charge in [-0.15, -0.1) is 0 Å². The average molecular weight is 336 g/mol. The highest BCUT2D eigenvalue weighted by Crippen LogP contribution is 2.29. The summed E-state index contributed by atoms with van der Waals surface area (Å²) in [5, 5.41) is 3.47. The molecule has 0 saturated heterocycles. The summed E-state index contributed by atoms with van der Waals surface area (Å²) < 4.78 is 19.8. The Morgan fingerprint density at radius 2 is 1.90 bits per heavy atom. The largest absolute Gasteiger partial charge is 0.457 e. The Morgan fingerprint density at radius 3 is 2.60 bits per heavy atom. The fraction of sp³-hybridized carbons (Fsp3) is 0.250. The second-order valence-electron chi connectivity index (χ2n) is 4.96. The molecule has 0 aliphatic heterocycles. The zero-order valence-electron chi connectivity index (χ0n) is 10.9. The van der Waals surface area contributed by atoms with E-state index < -0.39 is 0 Å². The summed E-state index contributed by atoms with van der Waals surface area (Å²) in [6, 6.07) is 12.6. The van der Waals surface area contributed by atoms with Crippen LogP contribution in [0.2, 0.25) is 0 Å². The second-order valence-corrected chi connectivity index (χ2v) is 5.88. The summed E-state index contributed by atoms with van der Waals surface area (Å²) in [6.45, 7) is 0.778. The molecule has 0 amide bonds. The summed E-state index contributed by atoms with van der Waals surface area (Å²) >= 11 is 3.48. The number of halogens is 2. The van der Waals surface area contributed by atoms with Crippen molar-refractivity contribution in [3.63, 3.8) is 0 Å². The smallest absolute Gasteiger partial charge is 0.131 e. The lowest BCUT2D eigenvalue weighted by molar-refractivity contribution is 0.470. The normalized spacial score (nSPS) is 14.3. The maximum absolute atomic E-state index is 12.9. The molecule has 0 aromatic heterocycles. The molecule has 3 rings (SSSR count). The minimum absolute atomic E-state index is 0.260. The topological polar surface area (TPSA) is 21.3 Å². The Morgan fingerprint density at radius 1 is 1.15 bits per heavy atom. The van der Waals surface area contributed by atoms with E-state index in [-0.39, 0.29) is 5.82 Å². The fourth-order valence-electron chi connectivity index (χ4n) is 1.96. The maximum atomic E-state index is 12.9. The van der Waals surface area contributed by atoms with Crippen LogP contribution < -0.4 is 10.1 Å². The first kappa shape index (κ1) is 13.6. The van der Waals surface area contributed by atoms with Gasteiger partial charge in [0.15, 0.2) is 0 Å². The van der Waals surface area contributed by atoms with Gasteiger partial charge in [-0.25, -0.2) is 4.39 Å². The lowest BCUT2D eigenvalue weighted by atomic mass is 10.2. The van der Waals surface area contributed by atoms with Gasteiger partial charge in [0.1, 0.15) is 17.3 Å². The molecule has 1 saturated carbocycles. The van der Waals surface area contributed by atoms with Crippen LogP contribution in [0.25, 0.3) is 0 Å². The number of nitrogens with one attached hydrogen (secondary N) is 1. The molecule has 1 aliphatic carbocycles. The number of hydrogen-bond donors (Lipinski definition) is 1. The molecule has 4 heteroatoms. The number of benzene rings is 2. The van der Waals surface area contributed by atoms with E-state index in [0.29, 0.717) is 11.8 Å². The number of hydrogen-bond acceptors (Lipinski definition) is 2. The van der Waals surface area contributed by atoms with Crippen LogP contribution in [0, 0.1) is 5.82 Å². The van der Waals surface area contributed by atoms with Crippen molar-refractivity contribution < 1.29 is 9.13 Å². The van der Waals surface area contributed by atoms with Gasteiger partial charge < -0.3 is 10.1 Å². The Kier molecular flexibility index (Phi) is 4.03. The van der Waals surface area contributed by atoms with Crippen molar-refractivity contribution >= 4 is 15.9 Å². The van der Waals surface area contributed by atoms with Crippen molar-refractivity contribution in [3.8, 4) is 11.5 Å². The first-order valence-corrected chi connectivity index (χ1v) is 7.45. The third-order valence-corrected chi connectivity index (χ3v) is 3.72. The highest BCUT2D eigenvalue weighted by molar-refractivity contribution is 9.10. The molecular formula is C16H15BrFNO. The molecule has 104 valence electrons. The van der Waals surface area contributed by atoms with Crippen LogP contribution in [0.3, 0.4) is 0 Å². The molecule has 0 atom stereocenters. The van der Waals surface area contributed by atoms with Gasteiger partial charge in [0.25, 0.3) is 0 Å². The van der Waals surface area contributed by atoms with Crippen molar-refractivity contribution in [2.24, 2.45) is 0 Å². The van der Waals surface area contributed by atoms with Crippen LogP contribution in [0.1, 0.15) is 18.4 Å². The number of ether oxygens (including phenoxy) is 1. The quantitative estimate of drug-likeness (QED) is 0.859. The molecule has 1 N–H and O–H groups in total. The Balaban J connectivity index is 1.77. The van der Waals surface area contributed by atoms with Crippen molar-refractivity contribution in [2.45, 2.75) is 25.4 Å². The zero-order valence-corrected chi connectivity index (χ0v) is 12.5. The Bertz CT molecular complexity index is 596. The predicted molar refractivity (Wildman–Crippen MR) is 80.5 cm³/mol. The molecule has 2 nitrogen and oxygen atoms in total. The third kappa shape index (κ3) is 3.58. The standard InChI is InChI=1S/C16H15BrFNO/c17-12-1-8-16(11(9-12)10-19-14-4-5-14)20-15-6-2-13(18)3-7-15/h1-3,6-9,14,19H,4-5,10H2. The molecule has 2 aromatic rings. The molecule has 2 aromatic carbocycles. The van der Waals surface area contributed by atoms with Gasteiger partial charge >= 0.3 is 0 Å². The SMILES string of the molecule is Fc1ccc(Oc2ccc(Br)cc2CNC2CC2)cc1. The Hall–Kier alpha value is -1.39. The minimum atomic E-state index is -0.260. The van der Waals surface area contributed by atoms with E-state index in [9.17, 15) is 4.39 Å². The van der Waals surface area contributed by atoms with Crippen LogP contribution in [0.15, 0.2) is 46.9 Å². The van der Waals surface area contributed by atoms with E-state index >= 15 is 0 Å². The monoisotopic (exact) mass is 335 g/mol. The molecule has 0 spiro atoms. The summed E-state index contributed by atoms with van der Waals surface area (Å²) in [4.78, 5) is 0. The zero-order chi connectivity index (χ0) is 13.9. The second kappa shape index (κ2) is 5.94. The van der Waals surface area contributed by atoms with Crippen LogP contribution in [-0.2, 0) is 6.54 Å². The van der Waals surface area contributed by atoms with Gasteiger partial charge in [-0.05, 0) is 55.3 Å². The predicted octanol–water partition coefficient (Wildman–Crippen LogP) is 4.63. The van der Waals surface area contributed by atoms with Gasteiger partial charge in [0.05, 0.1) is 0 Å². The number of rotatable bonds is 5. The van der Waals surface area contributed by atoms with E-state index in [4.69, 9.17) is 4.74 Å². The first-order chi connectivity index (χ1) is 9.70. The summed E-state index contributed by atoms with van der Waals surface area (Å²) in [5.41, 5.74) is 1.09. The van der Waals surface area contributed by atoms with E-state index in [1.54, 1.807) is 12.1 Å². The van der Waals surface area contributed by atoms with Crippen molar-refractivity contribution in [1.82, 2.24) is 5.32 Å². The summed E-state index contributed by atoms with van der Waals surface area (Å²) in [6.07, 6.45) is 2.50. The van der Waals surface area contributed by atoms with Crippen molar-refractivity contribution in [3.05, 3.63) is 58.3 Å². The van der Waals surface area contributed by atoms with E-state index in [2.05, 4.69) is 21.2 Å². The fourth-order valence-corrected chi connectivity index (χ4v) is 2.37. The minimum Gasteiger partial charge on any atom is -0.457 e. The van der Waals surface area contributed by atoms with Crippen molar-refractivity contribution in [1.29, 1.82) is 0 Å². The summed E-state index contributed by atoms with van der Waals surface area (Å²) in [7, 11) is 0.